The predicted octanol–water partition coefficient (Wildman–Crippen LogP) is 1.79. The fraction of sp³-hybridized carbons (Fsp3) is 0.438. The van der Waals surface area contributed by atoms with Gasteiger partial charge < -0.3 is 10.1 Å². The molecule has 23 heavy (non-hydrogen) atoms. The number of rotatable bonds is 8. The van der Waals surface area contributed by atoms with Gasteiger partial charge in [-0.3, -0.25) is 4.79 Å². The number of ether oxygens (including phenoxy) is 1. The van der Waals surface area contributed by atoms with Crippen LogP contribution in [0.5, 0.6) is 5.75 Å². The highest BCUT2D eigenvalue weighted by molar-refractivity contribution is 7.89. The van der Waals surface area contributed by atoms with E-state index in [1.165, 1.54) is 20.1 Å². The van der Waals surface area contributed by atoms with E-state index in [1.54, 1.807) is 12.1 Å². The predicted molar refractivity (Wildman–Crippen MR) is 90.1 cm³/mol. The van der Waals surface area contributed by atoms with Gasteiger partial charge >= 0.3 is 0 Å². The molecule has 1 amide bonds. The van der Waals surface area contributed by atoms with Crippen molar-refractivity contribution < 1.29 is 17.9 Å². The van der Waals surface area contributed by atoms with Crippen LogP contribution in [0.4, 0.5) is 0 Å². The van der Waals surface area contributed by atoms with Gasteiger partial charge in [0, 0.05) is 6.54 Å². The topological polar surface area (TPSA) is 84.5 Å². The lowest BCUT2D eigenvalue weighted by Crippen LogP contribution is -2.44. The minimum Gasteiger partial charge on any atom is -0.495 e. The second kappa shape index (κ2) is 8.12. The van der Waals surface area contributed by atoms with Gasteiger partial charge in [0.1, 0.15) is 10.6 Å². The Morgan fingerprint density at radius 1 is 1.35 bits per heavy atom. The molecule has 6 nitrogen and oxygen atoms in total. The Balaban J connectivity index is 3.09. The van der Waals surface area contributed by atoms with Crippen molar-refractivity contribution >= 4 is 15.9 Å². The molecule has 0 saturated heterocycles. The molecule has 128 valence electrons. The fourth-order valence-electron chi connectivity index (χ4n) is 1.94. The average Bonchev–Trinajstić information content (AvgIpc) is 2.51. The van der Waals surface area contributed by atoms with Crippen molar-refractivity contribution in [2.45, 2.75) is 37.6 Å². The normalized spacial score (nSPS) is 12.7. The SMILES string of the molecule is C=CCNC(=O)C(C)NS(=O)(=O)c1cc(C(C)C)ccc1OC. The van der Waals surface area contributed by atoms with Crippen molar-refractivity contribution in [3.05, 3.63) is 36.4 Å². The molecule has 2 N–H and O–H groups in total. The molecule has 7 heteroatoms. The van der Waals surface area contributed by atoms with Gasteiger partial charge in [-0.25, -0.2) is 8.42 Å². The van der Waals surface area contributed by atoms with Crippen LogP contribution in [0.3, 0.4) is 0 Å². The minimum absolute atomic E-state index is 0.0228. The molecule has 1 atom stereocenters. The van der Waals surface area contributed by atoms with Crippen molar-refractivity contribution in [1.29, 1.82) is 0 Å². The summed E-state index contributed by atoms with van der Waals surface area (Å²) in [5, 5.41) is 2.55. The van der Waals surface area contributed by atoms with Crippen LogP contribution in [0.25, 0.3) is 0 Å². The number of benzene rings is 1. The van der Waals surface area contributed by atoms with Gasteiger partial charge in [0.2, 0.25) is 15.9 Å². The van der Waals surface area contributed by atoms with E-state index >= 15 is 0 Å². The van der Waals surface area contributed by atoms with Gasteiger partial charge in [-0.15, -0.1) is 6.58 Å². The quantitative estimate of drug-likeness (QED) is 0.707. The van der Waals surface area contributed by atoms with Crippen LogP contribution >= 0.6 is 0 Å². The van der Waals surface area contributed by atoms with E-state index in [-0.39, 0.29) is 23.1 Å². The monoisotopic (exact) mass is 340 g/mol. The third kappa shape index (κ3) is 5.07. The molecule has 1 rings (SSSR count). The van der Waals surface area contributed by atoms with Crippen LogP contribution < -0.4 is 14.8 Å². The summed E-state index contributed by atoms with van der Waals surface area (Å²) in [7, 11) is -2.48. The van der Waals surface area contributed by atoms with E-state index in [1.807, 2.05) is 19.9 Å². The van der Waals surface area contributed by atoms with Gasteiger partial charge in [0.15, 0.2) is 0 Å². The third-order valence-corrected chi connectivity index (χ3v) is 4.85. The van der Waals surface area contributed by atoms with Crippen molar-refractivity contribution in [2.75, 3.05) is 13.7 Å². The molecule has 0 aliphatic carbocycles. The minimum atomic E-state index is -3.89. The molecule has 0 saturated carbocycles. The lowest BCUT2D eigenvalue weighted by molar-refractivity contribution is -0.122. The Kier molecular flexibility index (Phi) is 6.78. The first-order valence-electron chi connectivity index (χ1n) is 7.31. The van der Waals surface area contributed by atoms with Crippen LogP contribution in [-0.4, -0.2) is 34.0 Å². The van der Waals surface area contributed by atoms with E-state index in [0.29, 0.717) is 0 Å². The number of methoxy groups -OCH3 is 1. The molecule has 0 spiro atoms. The number of amides is 1. The Morgan fingerprint density at radius 2 is 2.00 bits per heavy atom. The molecular weight excluding hydrogens is 316 g/mol. The zero-order chi connectivity index (χ0) is 17.6. The van der Waals surface area contributed by atoms with Crippen molar-refractivity contribution in [3.63, 3.8) is 0 Å². The van der Waals surface area contributed by atoms with E-state index in [9.17, 15) is 13.2 Å². The molecule has 1 aromatic rings. The molecule has 0 aliphatic rings. The van der Waals surface area contributed by atoms with Gasteiger partial charge in [0.05, 0.1) is 13.2 Å². The zero-order valence-electron chi connectivity index (χ0n) is 13.9. The lowest BCUT2D eigenvalue weighted by atomic mass is 10.0. The van der Waals surface area contributed by atoms with Crippen LogP contribution in [0.1, 0.15) is 32.3 Å². The summed E-state index contributed by atoms with van der Waals surface area (Å²) in [4.78, 5) is 11.8. The van der Waals surface area contributed by atoms with Gasteiger partial charge in [-0.2, -0.15) is 4.72 Å². The van der Waals surface area contributed by atoms with Crippen LogP contribution in [0, 0.1) is 0 Å². The Bertz CT molecular complexity index is 669. The maximum Gasteiger partial charge on any atom is 0.244 e. The summed E-state index contributed by atoms with van der Waals surface area (Å²) in [5.41, 5.74) is 0.870. The van der Waals surface area contributed by atoms with Crippen molar-refractivity contribution in [2.24, 2.45) is 0 Å². The fourth-order valence-corrected chi connectivity index (χ4v) is 3.34. The number of carbonyl (C=O) groups is 1. The van der Waals surface area contributed by atoms with Gasteiger partial charge in [-0.1, -0.05) is 26.0 Å². The smallest absolute Gasteiger partial charge is 0.244 e. The molecule has 0 fully saturated rings. The van der Waals surface area contributed by atoms with E-state index < -0.39 is 22.0 Å². The number of hydrogen-bond donors (Lipinski definition) is 2. The maximum absolute atomic E-state index is 12.6. The zero-order valence-corrected chi connectivity index (χ0v) is 14.7. The van der Waals surface area contributed by atoms with E-state index in [0.717, 1.165) is 5.56 Å². The summed E-state index contributed by atoms with van der Waals surface area (Å²) < 4.78 is 32.7. The maximum atomic E-state index is 12.6. The Labute approximate surface area is 138 Å². The molecule has 0 aromatic heterocycles. The first-order chi connectivity index (χ1) is 10.7. The Morgan fingerprint density at radius 3 is 2.52 bits per heavy atom. The van der Waals surface area contributed by atoms with Crippen molar-refractivity contribution in [3.8, 4) is 5.75 Å². The third-order valence-electron chi connectivity index (χ3n) is 3.29. The molecule has 0 aliphatic heterocycles. The molecule has 1 unspecified atom stereocenters. The molecule has 1 aromatic carbocycles. The van der Waals surface area contributed by atoms with Crippen molar-refractivity contribution in [1.82, 2.24) is 10.0 Å². The van der Waals surface area contributed by atoms with Crippen LogP contribution in [0.15, 0.2) is 35.7 Å². The lowest BCUT2D eigenvalue weighted by Gasteiger charge is -2.17. The van der Waals surface area contributed by atoms with Gasteiger partial charge in [0.25, 0.3) is 0 Å². The second-order valence-corrected chi connectivity index (χ2v) is 7.12. The molecule has 0 radical (unpaired) electrons. The summed E-state index contributed by atoms with van der Waals surface area (Å²) in [6, 6.07) is 4.10. The summed E-state index contributed by atoms with van der Waals surface area (Å²) in [6.07, 6.45) is 1.52. The van der Waals surface area contributed by atoms with Crippen LogP contribution in [0.2, 0.25) is 0 Å². The number of nitrogens with one attached hydrogen (secondary N) is 2. The molecule has 0 heterocycles. The van der Waals surface area contributed by atoms with E-state index in [4.69, 9.17) is 4.74 Å². The standard InChI is InChI=1S/C16H24N2O4S/c1-6-9-17-16(19)12(4)18-23(20,21)15-10-13(11(2)3)7-8-14(15)22-5/h6-8,10-12,18H,1,9H2,2-5H3,(H,17,19). The summed E-state index contributed by atoms with van der Waals surface area (Å²) in [5.74, 6) is -0.0174. The highest BCUT2D eigenvalue weighted by atomic mass is 32.2. The number of carbonyl (C=O) groups excluding carboxylic acids is 1. The first-order valence-corrected chi connectivity index (χ1v) is 8.80. The summed E-state index contributed by atoms with van der Waals surface area (Å²) in [6.45, 7) is 9.19. The van der Waals surface area contributed by atoms with E-state index in [2.05, 4.69) is 16.6 Å². The van der Waals surface area contributed by atoms with Gasteiger partial charge in [-0.05, 0) is 30.5 Å². The highest BCUT2D eigenvalue weighted by Gasteiger charge is 2.25. The largest absolute Gasteiger partial charge is 0.495 e. The van der Waals surface area contributed by atoms with Crippen LogP contribution in [-0.2, 0) is 14.8 Å². The highest BCUT2D eigenvalue weighted by Crippen LogP contribution is 2.28. The molecule has 0 bridgehead atoms. The summed E-state index contributed by atoms with van der Waals surface area (Å²) >= 11 is 0. The number of sulfonamides is 1. The average molecular weight is 340 g/mol. The first kappa shape index (κ1) is 19.2. The second-order valence-electron chi connectivity index (χ2n) is 5.44. The Hall–Kier alpha value is -1.86. The molecular formula is C16H24N2O4S. The number of hydrogen-bond acceptors (Lipinski definition) is 4.